The second-order valence-electron chi connectivity index (χ2n) is 7.50. The normalized spacial score (nSPS) is 15.6. The van der Waals surface area contributed by atoms with Crippen LogP contribution in [0.25, 0.3) is 11.3 Å². The summed E-state index contributed by atoms with van der Waals surface area (Å²) in [4.78, 5) is 29.0. The van der Waals surface area contributed by atoms with Gasteiger partial charge in [0.15, 0.2) is 5.13 Å². The van der Waals surface area contributed by atoms with Gasteiger partial charge in [0.25, 0.3) is 0 Å². The summed E-state index contributed by atoms with van der Waals surface area (Å²) in [7, 11) is 0. The van der Waals surface area contributed by atoms with E-state index in [1.165, 1.54) is 35.0 Å². The minimum absolute atomic E-state index is 0.171. The maximum absolute atomic E-state index is 12.8. The number of carbonyl (C=O) groups excluding carboxylic acids is 2. The maximum Gasteiger partial charge on any atom is 0.249 e. The number of amides is 2. The number of hydrogen-bond acceptors (Lipinski definition) is 4. The van der Waals surface area contributed by atoms with Crippen molar-refractivity contribution in [1.29, 1.82) is 0 Å². The molecule has 1 aromatic heterocycles. The van der Waals surface area contributed by atoms with Gasteiger partial charge in [-0.25, -0.2) is 4.98 Å². The number of hydrogen-bond donors (Lipinski definition) is 2. The molecule has 6 heteroatoms. The Bertz CT molecular complexity index is 853. The third-order valence-corrected chi connectivity index (χ3v) is 6.12. The van der Waals surface area contributed by atoms with Gasteiger partial charge in [-0.15, -0.1) is 11.3 Å². The molecule has 1 unspecified atom stereocenters. The second kappa shape index (κ2) is 8.21. The van der Waals surface area contributed by atoms with E-state index in [0.29, 0.717) is 5.13 Å². The molecular formula is C21H27N3O2S. The molecule has 1 heterocycles. The first-order valence-electron chi connectivity index (χ1n) is 9.47. The van der Waals surface area contributed by atoms with E-state index in [9.17, 15) is 9.59 Å². The van der Waals surface area contributed by atoms with Crippen LogP contribution in [-0.2, 0) is 9.59 Å². The molecule has 0 bridgehead atoms. The van der Waals surface area contributed by atoms with Crippen molar-refractivity contribution in [2.75, 3.05) is 5.32 Å². The van der Waals surface area contributed by atoms with E-state index in [4.69, 9.17) is 0 Å². The highest BCUT2D eigenvalue weighted by Crippen LogP contribution is 2.31. The average Bonchev–Trinajstić information content (AvgIpc) is 3.27. The Morgan fingerprint density at radius 1 is 1.11 bits per heavy atom. The largest absolute Gasteiger partial charge is 0.344 e. The van der Waals surface area contributed by atoms with Crippen molar-refractivity contribution >= 4 is 28.3 Å². The molecule has 27 heavy (non-hydrogen) atoms. The van der Waals surface area contributed by atoms with Gasteiger partial charge in [0.2, 0.25) is 11.8 Å². The Hall–Kier alpha value is -2.21. The van der Waals surface area contributed by atoms with Crippen molar-refractivity contribution in [3.05, 3.63) is 34.2 Å². The summed E-state index contributed by atoms with van der Waals surface area (Å²) in [5.41, 5.74) is 5.61. The highest BCUT2D eigenvalue weighted by Gasteiger charge is 2.31. The van der Waals surface area contributed by atoms with Crippen LogP contribution in [0.3, 0.4) is 0 Å². The molecule has 0 spiro atoms. The Morgan fingerprint density at radius 2 is 1.78 bits per heavy atom. The minimum Gasteiger partial charge on any atom is -0.344 e. The maximum atomic E-state index is 12.8. The molecule has 0 radical (unpaired) electrons. The predicted molar refractivity (Wildman–Crippen MR) is 110 cm³/mol. The van der Waals surface area contributed by atoms with Crippen molar-refractivity contribution in [1.82, 2.24) is 10.3 Å². The first kappa shape index (κ1) is 19.5. The quantitative estimate of drug-likeness (QED) is 0.803. The lowest BCUT2D eigenvalue weighted by atomic mass is 9.97. The van der Waals surface area contributed by atoms with Gasteiger partial charge in [-0.3, -0.25) is 9.59 Å². The SMILES string of the molecule is CC(=O)NC(C(=O)Nc1nc(-c2cc(C)c(C)cc2C)cs1)C1CCCC1. The van der Waals surface area contributed by atoms with Crippen LogP contribution in [0.4, 0.5) is 5.13 Å². The predicted octanol–water partition coefficient (Wildman–Crippen LogP) is 4.37. The lowest BCUT2D eigenvalue weighted by molar-refractivity contribution is -0.126. The van der Waals surface area contributed by atoms with Gasteiger partial charge in [-0.1, -0.05) is 18.9 Å². The number of rotatable bonds is 5. The number of thiazole rings is 1. The Labute approximate surface area is 164 Å². The number of aromatic nitrogens is 1. The van der Waals surface area contributed by atoms with Gasteiger partial charge in [-0.05, 0) is 62.3 Å². The fraction of sp³-hybridized carbons (Fsp3) is 0.476. The lowest BCUT2D eigenvalue weighted by Gasteiger charge is -2.22. The van der Waals surface area contributed by atoms with Gasteiger partial charge < -0.3 is 10.6 Å². The molecule has 1 fully saturated rings. The van der Waals surface area contributed by atoms with E-state index >= 15 is 0 Å². The summed E-state index contributed by atoms with van der Waals surface area (Å²) in [6, 6.07) is 3.82. The first-order valence-corrected chi connectivity index (χ1v) is 10.3. The van der Waals surface area contributed by atoms with Crippen LogP contribution < -0.4 is 10.6 Å². The van der Waals surface area contributed by atoms with Crippen molar-refractivity contribution in [2.24, 2.45) is 5.92 Å². The van der Waals surface area contributed by atoms with Crippen molar-refractivity contribution in [2.45, 2.75) is 59.4 Å². The zero-order valence-electron chi connectivity index (χ0n) is 16.4. The topological polar surface area (TPSA) is 71.1 Å². The molecule has 2 aromatic rings. The van der Waals surface area contributed by atoms with Crippen LogP contribution in [0.5, 0.6) is 0 Å². The van der Waals surface area contributed by atoms with Crippen LogP contribution >= 0.6 is 11.3 Å². The molecule has 2 amide bonds. The number of carbonyl (C=O) groups is 2. The summed E-state index contributed by atoms with van der Waals surface area (Å²) in [6.45, 7) is 7.72. The van der Waals surface area contributed by atoms with Gasteiger partial charge >= 0.3 is 0 Å². The molecule has 2 N–H and O–H groups in total. The highest BCUT2D eigenvalue weighted by molar-refractivity contribution is 7.14. The van der Waals surface area contributed by atoms with E-state index in [-0.39, 0.29) is 17.7 Å². The first-order chi connectivity index (χ1) is 12.8. The molecule has 1 saturated carbocycles. The molecule has 0 saturated heterocycles. The highest BCUT2D eigenvalue weighted by atomic mass is 32.1. The standard InChI is InChI=1S/C21H27N3O2S/c1-12-9-14(3)17(10-13(12)2)18-11-27-21(23-18)24-20(26)19(22-15(4)25)16-7-5-6-8-16/h9-11,16,19H,5-8H2,1-4H3,(H,22,25)(H,23,24,26). The zero-order chi connectivity index (χ0) is 19.6. The van der Waals surface area contributed by atoms with E-state index in [2.05, 4.69) is 48.5 Å². The van der Waals surface area contributed by atoms with Gasteiger partial charge in [0.1, 0.15) is 6.04 Å². The molecule has 1 aromatic carbocycles. The fourth-order valence-corrected chi connectivity index (χ4v) is 4.50. The van der Waals surface area contributed by atoms with Crippen LogP contribution in [0, 0.1) is 26.7 Å². The smallest absolute Gasteiger partial charge is 0.249 e. The van der Waals surface area contributed by atoms with Gasteiger partial charge in [-0.2, -0.15) is 0 Å². The third kappa shape index (κ3) is 4.56. The van der Waals surface area contributed by atoms with Crippen LogP contribution in [0.1, 0.15) is 49.3 Å². The van der Waals surface area contributed by atoms with Gasteiger partial charge in [0, 0.05) is 17.9 Å². The number of anilines is 1. The Morgan fingerprint density at radius 3 is 2.44 bits per heavy atom. The molecular weight excluding hydrogens is 358 g/mol. The molecule has 0 aliphatic heterocycles. The summed E-state index contributed by atoms with van der Waals surface area (Å²) < 4.78 is 0. The summed E-state index contributed by atoms with van der Waals surface area (Å²) in [5, 5.41) is 8.28. The average molecular weight is 386 g/mol. The summed E-state index contributed by atoms with van der Waals surface area (Å²) in [6.07, 6.45) is 4.18. The molecule has 5 nitrogen and oxygen atoms in total. The van der Waals surface area contributed by atoms with Crippen molar-refractivity contribution in [3.8, 4) is 11.3 Å². The zero-order valence-corrected chi connectivity index (χ0v) is 17.2. The molecule has 3 rings (SSSR count). The van der Waals surface area contributed by atoms with E-state index < -0.39 is 6.04 Å². The number of aryl methyl sites for hydroxylation is 3. The second-order valence-corrected chi connectivity index (χ2v) is 8.36. The Balaban J connectivity index is 1.77. The third-order valence-electron chi connectivity index (χ3n) is 5.36. The molecule has 144 valence electrons. The van der Waals surface area contributed by atoms with E-state index in [0.717, 1.165) is 36.9 Å². The Kier molecular flexibility index (Phi) is 5.95. The minimum atomic E-state index is -0.485. The molecule has 1 aliphatic carbocycles. The van der Waals surface area contributed by atoms with Crippen LogP contribution in [0.2, 0.25) is 0 Å². The summed E-state index contributed by atoms with van der Waals surface area (Å²) >= 11 is 1.41. The van der Waals surface area contributed by atoms with E-state index in [1.54, 1.807) is 0 Å². The van der Waals surface area contributed by atoms with Crippen molar-refractivity contribution in [3.63, 3.8) is 0 Å². The molecule has 1 aliphatic rings. The van der Waals surface area contributed by atoms with E-state index in [1.807, 2.05) is 5.38 Å². The van der Waals surface area contributed by atoms with Crippen molar-refractivity contribution < 1.29 is 9.59 Å². The number of nitrogens with zero attached hydrogens (tertiary/aromatic N) is 1. The fourth-order valence-electron chi connectivity index (χ4n) is 3.78. The van der Waals surface area contributed by atoms with Gasteiger partial charge in [0.05, 0.1) is 5.69 Å². The number of benzene rings is 1. The summed E-state index contributed by atoms with van der Waals surface area (Å²) in [5.74, 6) is -0.141. The van der Waals surface area contributed by atoms with Crippen LogP contribution in [0.15, 0.2) is 17.5 Å². The lowest BCUT2D eigenvalue weighted by Crippen LogP contribution is -2.47. The molecule has 1 atom stereocenters. The monoisotopic (exact) mass is 385 g/mol. The number of nitrogens with one attached hydrogen (secondary N) is 2. The van der Waals surface area contributed by atoms with Crippen LogP contribution in [-0.4, -0.2) is 22.8 Å².